The van der Waals surface area contributed by atoms with Crippen molar-refractivity contribution in [3.05, 3.63) is 0 Å². The molecule has 0 heteroatoms. The van der Waals surface area contributed by atoms with Crippen LogP contribution in [0.5, 0.6) is 0 Å². The molecule has 0 nitrogen and oxygen atoms in total. The average Bonchev–Trinajstić information content (AvgIpc) is 2.18. The monoisotopic (exact) mass is 212 g/mol. The molecule has 0 fully saturated rings. The molecule has 0 radical (unpaired) electrons. The maximum absolute atomic E-state index is 2.50. The smallest absolute Gasteiger partial charge is 0.0303 e. The Morgan fingerprint density at radius 3 is 1.47 bits per heavy atom. The van der Waals surface area contributed by atoms with Crippen LogP contribution in [0.25, 0.3) is 0 Å². The molecule has 0 aliphatic heterocycles. The highest BCUT2D eigenvalue weighted by atomic mass is 14.3. The van der Waals surface area contributed by atoms with Crippen LogP contribution >= 0.6 is 0 Å². The molecule has 0 saturated heterocycles. The summed E-state index contributed by atoms with van der Waals surface area (Å²) in [7, 11) is 0. The minimum Gasteiger partial charge on any atom is -0.0654 e. The van der Waals surface area contributed by atoms with E-state index in [2.05, 4.69) is 34.6 Å². The fourth-order valence-corrected chi connectivity index (χ4v) is 2.26. The standard InChI is InChI=1S/C15H32/c1-6-8-10-12-15(5,14(3)4)13-11-9-7-2/h14H,6-13H2,1-5H3. The van der Waals surface area contributed by atoms with E-state index in [1.165, 1.54) is 51.4 Å². The second-order valence-electron chi connectivity index (χ2n) is 5.72. The van der Waals surface area contributed by atoms with Gasteiger partial charge in [0.2, 0.25) is 0 Å². The lowest BCUT2D eigenvalue weighted by Crippen LogP contribution is -2.23. The zero-order valence-electron chi connectivity index (χ0n) is 11.7. The van der Waals surface area contributed by atoms with Gasteiger partial charge in [0.05, 0.1) is 0 Å². The number of hydrogen-bond acceptors (Lipinski definition) is 0. The topological polar surface area (TPSA) is 0 Å². The van der Waals surface area contributed by atoms with Crippen LogP contribution in [0.4, 0.5) is 0 Å². The molecular formula is C15H32. The van der Waals surface area contributed by atoms with E-state index in [0.29, 0.717) is 5.41 Å². The van der Waals surface area contributed by atoms with E-state index < -0.39 is 0 Å². The fourth-order valence-electron chi connectivity index (χ4n) is 2.26. The van der Waals surface area contributed by atoms with Crippen molar-refractivity contribution in [3.63, 3.8) is 0 Å². The van der Waals surface area contributed by atoms with Crippen molar-refractivity contribution < 1.29 is 0 Å². The summed E-state index contributed by atoms with van der Waals surface area (Å²) in [6.45, 7) is 11.9. The Bertz CT molecular complexity index is 125. The van der Waals surface area contributed by atoms with E-state index in [0.717, 1.165) is 5.92 Å². The summed E-state index contributed by atoms with van der Waals surface area (Å²) in [4.78, 5) is 0. The van der Waals surface area contributed by atoms with Crippen LogP contribution in [-0.4, -0.2) is 0 Å². The predicted octanol–water partition coefficient (Wildman–Crippen LogP) is 5.81. The molecular weight excluding hydrogens is 180 g/mol. The number of unbranched alkanes of at least 4 members (excludes halogenated alkanes) is 4. The van der Waals surface area contributed by atoms with E-state index >= 15 is 0 Å². The predicted molar refractivity (Wildman–Crippen MR) is 71.2 cm³/mol. The third kappa shape index (κ3) is 6.22. The first-order valence-electron chi connectivity index (χ1n) is 7.06. The first-order valence-corrected chi connectivity index (χ1v) is 7.06. The Morgan fingerprint density at radius 1 is 0.800 bits per heavy atom. The van der Waals surface area contributed by atoms with Gasteiger partial charge in [0.25, 0.3) is 0 Å². The minimum absolute atomic E-state index is 0.602. The average molecular weight is 212 g/mol. The third-order valence-electron chi connectivity index (χ3n) is 4.10. The highest BCUT2D eigenvalue weighted by molar-refractivity contribution is 4.77. The quantitative estimate of drug-likeness (QED) is 0.423. The summed E-state index contributed by atoms with van der Waals surface area (Å²) in [5, 5.41) is 0. The molecule has 15 heavy (non-hydrogen) atoms. The van der Waals surface area contributed by atoms with Crippen molar-refractivity contribution >= 4 is 0 Å². The van der Waals surface area contributed by atoms with Crippen molar-refractivity contribution in [2.45, 2.75) is 86.0 Å². The van der Waals surface area contributed by atoms with Gasteiger partial charge in [0.1, 0.15) is 0 Å². The third-order valence-corrected chi connectivity index (χ3v) is 4.10. The lowest BCUT2D eigenvalue weighted by Gasteiger charge is -2.34. The van der Waals surface area contributed by atoms with Crippen LogP contribution in [0.3, 0.4) is 0 Å². The lowest BCUT2D eigenvalue weighted by atomic mass is 9.71. The van der Waals surface area contributed by atoms with Gasteiger partial charge in [-0.1, -0.05) is 73.1 Å². The van der Waals surface area contributed by atoms with Crippen molar-refractivity contribution in [3.8, 4) is 0 Å². The van der Waals surface area contributed by atoms with Crippen molar-refractivity contribution in [1.82, 2.24) is 0 Å². The second kappa shape index (κ2) is 8.19. The molecule has 0 atom stereocenters. The molecule has 0 N–H and O–H groups in total. The molecule has 0 saturated carbocycles. The second-order valence-corrected chi connectivity index (χ2v) is 5.72. The van der Waals surface area contributed by atoms with Crippen LogP contribution in [0.15, 0.2) is 0 Å². The summed E-state index contributed by atoms with van der Waals surface area (Å²) < 4.78 is 0. The van der Waals surface area contributed by atoms with E-state index in [4.69, 9.17) is 0 Å². The zero-order chi connectivity index (χ0) is 11.7. The molecule has 0 bridgehead atoms. The van der Waals surface area contributed by atoms with Crippen LogP contribution in [0.1, 0.15) is 86.0 Å². The van der Waals surface area contributed by atoms with E-state index in [-0.39, 0.29) is 0 Å². The van der Waals surface area contributed by atoms with Gasteiger partial charge in [-0.15, -0.1) is 0 Å². The van der Waals surface area contributed by atoms with Gasteiger partial charge in [-0.05, 0) is 24.2 Å². The van der Waals surface area contributed by atoms with Gasteiger partial charge in [0.15, 0.2) is 0 Å². The van der Waals surface area contributed by atoms with Crippen molar-refractivity contribution in [1.29, 1.82) is 0 Å². The fraction of sp³-hybridized carbons (Fsp3) is 1.00. The Labute approximate surface area is 97.8 Å². The number of hydrogen-bond donors (Lipinski definition) is 0. The molecule has 0 spiro atoms. The molecule has 0 rings (SSSR count). The first kappa shape index (κ1) is 15.0. The molecule has 0 aliphatic rings. The summed E-state index contributed by atoms with van der Waals surface area (Å²) >= 11 is 0. The largest absolute Gasteiger partial charge is 0.0654 e. The Balaban J connectivity index is 3.95. The normalized spacial score (nSPS) is 12.4. The van der Waals surface area contributed by atoms with Gasteiger partial charge in [-0.2, -0.15) is 0 Å². The maximum atomic E-state index is 2.50. The molecule has 0 heterocycles. The molecule has 0 aromatic carbocycles. The maximum Gasteiger partial charge on any atom is -0.0303 e. The SMILES string of the molecule is CCCCCC(C)(CCCCC)C(C)C. The zero-order valence-corrected chi connectivity index (χ0v) is 11.7. The lowest BCUT2D eigenvalue weighted by molar-refractivity contribution is 0.169. The van der Waals surface area contributed by atoms with Gasteiger partial charge in [-0.3, -0.25) is 0 Å². The first-order chi connectivity index (χ1) is 7.06. The van der Waals surface area contributed by atoms with Crippen LogP contribution in [0, 0.1) is 11.3 Å². The molecule has 0 amide bonds. The highest BCUT2D eigenvalue weighted by Crippen LogP contribution is 2.38. The molecule has 0 unspecified atom stereocenters. The summed E-state index contributed by atoms with van der Waals surface area (Å²) in [5.74, 6) is 0.839. The van der Waals surface area contributed by atoms with Gasteiger partial charge < -0.3 is 0 Å². The van der Waals surface area contributed by atoms with Crippen LogP contribution < -0.4 is 0 Å². The summed E-state index contributed by atoms with van der Waals surface area (Å²) in [5.41, 5.74) is 0.602. The van der Waals surface area contributed by atoms with E-state index in [1.807, 2.05) is 0 Å². The van der Waals surface area contributed by atoms with Gasteiger partial charge >= 0.3 is 0 Å². The minimum atomic E-state index is 0.602. The van der Waals surface area contributed by atoms with Crippen LogP contribution in [0.2, 0.25) is 0 Å². The van der Waals surface area contributed by atoms with Crippen LogP contribution in [-0.2, 0) is 0 Å². The molecule has 0 aliphatic carbocycles. The van der Waals surface area contributed by atoms with Crippen molar-refractivity contribution in [2.75, 3.05) is 0 Å². The molecule has 0 aromatic rings. The summed E-state index contributed by atoms with van der Waals surface area (Å²) in [6.07, 6.45) is 11.2. The highest BCUT2D eigenvalue weighted by Gasteiger charge is 2.26. The van der Waals surface area contributed by atoms with E-state index in [9.17, 15) is 0 Å². The Hall–Kier alpha value is 0. The van der Waals surface area contributed by atoms with Gasteiger partial charge in [0, 0.05) is 0 Å². The van der Waals surface area contributed by atoms with Gasteiger partial charge in [-0.25, -0.2) is 0 Å². The molecule has 92 valence electrons. The van der Waals surface area contributed by atoms with Crippen molar-refractivity contribution in [2.24, 2.45) is 11.3 Å². The summed E-state index contributed by atoms with van der Waals surface area (Å²) in [6, 6.07) is 0. The Morgan fingerprint density at radius 2 is 1.20 bits per heavy atom. The molecule has 0 aromatic heterocycles. The Kier molecular flexibility index (Phi) is 8.19. The van der Waals surface area contributed by atoms with E-state index in [1.54, 1.807) is 0 Å². The number of rotatable bonds is 9.